The molecule has 4 N–H and O–H groups in total. The first-order valence-corrected chi connectivity index (χ1v) is 12.4. The molecule has 1 aliphatic carbocycles. The summed E-state index contributed by atoms with van der Waals surface area (Å²) in [6.07, 6.45) is 5.62. The van der Waals surface area contributed by atoms with Crippen molar-refractivity contribution in [1.82, 2.24) is 5.32 Å². The fraction of sp³-hybridized carbons (Fsp3) is 0.240. The summed E-state index contributed by atoms with van der Waals surface area (Å²) in [5.74, 6) is 0.795. The molecule has 0 radical (unpaired) electrons. The number of hydrogen-bond donors (Lipinski definition) is 3. The number of benzene rings is 1. The molecule has 0 saturated heterocycles. The molecular weight excluding hydrogens is 490 g/mol. The molecule has 6 nitrogen and oxygen atoms in total. The van der Waals surface area contributed by atoms with Crippen molar-refractivity contribution in [3.8, 4) is 11.3 Å². The molecule has 2 heterocycles. The number of primary amides is 1. The standard InChI is InChI=1S/C25H24ClN3O3S2/c1-13-3-8-17-20(11-13)34-24(22(17)23(27)31)29-25(33)28-21(30)10-7-16-6-9-19(32-16)15-5-4-14(2)18(26)12-15/h4-7,9-10,12-13H,3,8,11H2,1-2H3,(H2,27,31)(H2,28,29,30,33)/b10-7+/t13-/m0/s1. The van der Waals surface area contributed by atoms with E-state index in [0.29, 0.717) is 33.0 Å². The topological polar surface area (TPSA) is 97.4 Å². The third-order valence-electron chi connectivity index (χ3n) is 5.70. The van der Waals surface area contributed by atoms with Crippen LogP contribution in [-0.4, -0.2) is 16.9 Å². The summed E-state index contributed by atoms with van der Waals surface area (Å²) in [6.45, 7) is 4.12. The Hall–Kier alpha value is -2.94. The molecule has 0 saturated carbocycles. The molecule has 0 spiro atoms. The van der Waals surface area contributed by atoms with Crippen LogP contribution >= 0.6 is 35.2 Å². The van der Waals surface area contributed by atoms with Gasteiger partial charge in [0, 0.05) is 21.5 Å². The molecule has 0 aliphatic heterocycles. The smallest absolute Gasteiger partial charge is 0.251 e. The van der Waals surface area contributed by atoms with E-state index < -0.39 is 11.8 Å². The number of thiocarbonyl (C=S) groups is 1. The number of nitrogens with one attached hydrogen (secondary N) is 2. The van der Waals surface area contributed by atoms with Crippen LogP contribution in [0.4, 0.5) is 5.00 Å². The molecule has 3 aromatic rings. The number of halogens is 1. The number of carbonyl (C=O) groups excluding carboxylic acids is 2. The van der Waals surface area contributed by atoms with Crippen LogP contribution in [0.5, 0.6) is 0 Å². The summed E-state index contributed by atoms with van der Waals surface area (Å²) in [6, 6.07) is 9.26. The molecule has 0 unspecified atom stereocenters. The molecule has 1 aliphatic rings. The molecule has 2 amide bonds. The number of furan rings is 1. The van der Waals surface area contributed by atoms with Crippen molar-refractivity contribution in [2.75, 3.05) is 5.32 Å². The highest BCUT2D eigenvalue weighted by Crippen LogP contribution is 2.39. The maximum atomic E-state index is 12.4. The Balaban J connectivity index is 1.39. The average molecular weight is 514 g/mol. The van der Waals surface area contributed by atoms with Gasteiger partial charge in [-0.05, 0) is 79.7 Å². The van der Waals surface area contributed by atoms with E-state index in [1.165, 1.54) is 17.4 Å². The zero-order valence-corrected chi connectivity index (χ0v) is 21.1. The maximum Gasteiger partial charge on any atom is 0.251 e. The van der Waals surface area contributed by atoms with Gasteiger partial charge >= 0.3 is 0 Å². The van der Waals surface area contributed by atoms with Crippen molar-refractivity contribution < 1.29 is 14.0 Å². The number of carbonyl (C=O) groups is 2. The van der Waals surface area contributed by atoms with Gasteiger partial charge in [0.15, 0.2) is 5.11 Å². The number of aryl methyl sites for hydroxylation is 1. The lowest BCUT2D eigenvalue weighted by Crippen LogP contribution is -2.33. The van der Waals surface area contributed by atoms with Crippen LogP contribution in [0, 0.1) is 12.8 Å². The largest absolute Gasteiger partial charge is 0.457 e. The lowest BCUT2D eigenvalue weighted by Gasteiger charge is -2.18. The summed E-state index contributed by atoms with van der Waals surface area (Å²) in [5, 5.41) is 6.90. The molecule has 1 atom stereocenters. The first-order valence-electron chi connectivity index (χ1n) is 10.8. The first kappa shape index (κ1) is 24.2. The van der Waals surface area contributed by atoms with Crippen LogP contribution < -0.4 is 16.4 Å². The highest BCUT2D eigenvalue weighted by Gasteiger charge is 2.26. The average Bonchev–Trinajstić information content (AvgIpc) is 3.38. The monoisotopic (exact) mass is 513 g/mol. The van der Waals surface area contributed by atoms with Crippen LogP contribution in [0.1, 0.15) is 45.5 Å². The van der Waals surface area contributed by atoms with E-state index in [4.69, 9.17) is 34.0 Å². The van der Waals surface area contributed by atoms with E-state index in [-0.39, 0.29) is 5.11 Å². The zero-order chi connectivity index (χ0) is 24.4. The fourth-order valence-corrected chi connectivity index (χ4v) is 5.76. The van der Waals surface area contributed by atoms with Gasteiger partial charge in [-0.15, -0.1) is 11.3 Å². The van der Waals surface area contributed by atoms with Gasteiger partial charge in [-0.2, -0.15) is 0 Å². The van der Waals surface area contributed by atoms with E-state index in [9.17, 15) is 9.59 Å². The molecule has 0 fully saturated rings. The third-order valence-corrected chi connectivity index (χ3v) is 7.49. The van der Waals surface area contributed by atoms with Crippen molar-refractivity contribution in [3.63, 3.8) is 0 Å². The van der Waals surface area contributed by atoms with Crippen molar-refractivity contribution >= 4 is 63.2 Å². The summed E-state index contributed by atoms with van der Waals surface area (Å²) in [5.41, 5.74) is 8.94. The SMILES string of the molecule is Cc1ccc(-c2ccc(/C=C/C(=O)NC(=S)Nc3sc4c(c3C(N)=O)CC[C@H](C)C4)o2)cc1Cl. The number of amides is 2. The summed E-state index contributed by atoms with van der Waals surface area (Å²) in [7, 11) is 0. The molecule has 4 rings (SSSR count). The van der Waals surface area contributed by atoms with Crippen molar-refractivity contribution in [2.45, 2.75) is 33.1 Å². The van der Waals surface area contributed by atoms with Gasteiger partial charge in [-0.3, -0.25) is 14.9 Å². The van der Waals surface area contributed by atoms with Crippen molar-refractivity contribution in [1.29, 1.82) is 0 Å². The minimum absolute atomic E-state index is 0.0956. The van der Waals surface area contributed by atoms with Crippen molar-refractivity contribution in [3.05, 3.63) is 68.8 Å². The molecule has 1 aromatic carbocycles. The second kappa shape index (κ2) is 10.1. The summed E-state index contributed by atoms with van der Waals surface area (Å²) in [4.78, 5) is 25.6. The number of rotatable bonds is 5. The summed E-state index contributed by atoms with van der Waals surface area (Å²) >= 11 is 12.9. The highest BCUT2D eigenvalue weighted by atomic mass is 35.5. The molecule has 9 heteroatoms. The summed E-state index contributed by atoms with van der Waals surface area (Å²) < 4.78 is 5.79. The van der Waals surface area contributed by atoms with Gasteiger partial charge in [-0.1, -0.05) is 30.7 Å². The molecule has 0 bridgehead atoms. The molecule has 176 valence electrons. The first-order chi connectivity index (χ1) is 16.2. The minimum Gasteiger partial charge on any atom is -0.457 e. The Morgan fingerprint density at radius 2 is 2.09 bits per heavy atom. The lowest BCUT2D eigenvalue weighted by atomic mass is 9.88. The van der Waals surface area contributed by atoms with Crippen LogP contribution in [0.25, 0.3) is 17.4 Å². The van der Waals surface area contributed by atoms with E-state index in [2.05, 4.69) is 17.6 Å². The van der Waals surface area contributed by atoms with Gasteiger partial charge in [0.1, 0.15) is 16.5 Å². The number of anilines is 1. The van der Waals surface area contributed by atoms with E-state index >= 15 is 0 Å². The van der Waals surface area contributed by atoms with Crippen LogP contribution in [-0.2, 0) is 17.6 Å². The van der Waals surface area contributed by atoms with E-state index in [0.717, 1.165) is 40.8 Å². The maximum absolute atomic E-state index is 12.4. The van der Waals surface area contributed by atoms with Crippen molar-refractivity contribution in [2.24, 2.45) is 11.7 Å². The number of fused-ring (bicyclic) bond motifs is 1. The van der Waals surface area contributed by atoms with E-state index in [1.54, 1.807) is 12.1 Å². The van der Waals surface area contributed by atoms with Crippen LogP contribution in [0.15, 0.2) is 40.8 Å². The third kappa shape index (κ3) is 5.41. The molecule has 2 aromatic heterocycles. The van der Waals surface area contributed by atoms with Gasteiger partial charge in [0.25, 0.3) is 5.91 Å². The number of nitrogens with two attached hydrogens (primary N) is 1. The van der Waals surface area contributed by atoms with E-state index in [1.807, 2.05) is 31.2 Å². The second-order valence-corrected chi connectivity index (χ2v) is 10.3. The number of thiophene rings is 1. The highest BCUT2D eigenvalue weighted by molar-refractivity contribution is 7.80. The Kier molecular flexibility index (Phi) is 7.21. The Morgan fingerprint density at radius 3 is 2.82 bits per heavy atom. The molecular formula is C25H24ClN3O3S2. The second-order valence-electron chi connectivity index (χ2n) is 8.36. The number of hydrogen-bond acceptors (Lipinski definition) is 5. The fourth-order valence-electron chi connectivity index (χ4n) is 3.89. The zero-order valence-electron chi connectivity index (χ0n) is 18.7. The Labute approximate surface area is 212 Å². The Bertz CT molecular complexity index is 1310. The molecule has 34 heavy (non-hydrogen) atoms. The minimum atomic E-state index is -0.493. The van der Waals surface area contributed by atoms with Gasteiger partial charge < -0.3 is 15.5 Å². The normalized spacial score (nSPS) is 15.2. The van der Waals surface area contributed by atoms with Gasteiger partial charge in [-0.25, -0.2) is 0 Å². The lowest BCUT2D eigenvalue weighted by molar-refractivity contribution is -0.115. The Morgan fingerprint density at radius 1 is 1.29 bits per heavy atom. The predicted molar refractivity (Wildman–Crippen MR) is 141 cm³/mol. The quantitative estimate of drug-likeness (QED) is 0.299. The van der Waals surface area contributed by atoms with Crippen LogP contribution in [0.2, 0.25) is 5.02 Å². The van der Waals surface area contributed by atoms with Gasteiger partial charge in [0.05, 0.1) is 5.56 Å². The predicted octanol–water partition coefficient (Wildman–Crippen LogP) is 5.72. The van der Waals surface area contributed by atoms with Crippen LogP contribution in [0.3, 0.4) is 0 Å². The van der Waals surface area contributed by atoms with Gasteiger partial charge in [0.2, 0.25) is 5.91 Å².